The number of carbonyl (C=O) groups excluding carboxylic acids is 1. The Morgan fingerprint density at radius 3 is 2.55 bits per heavy atom. The maximum absolute atomic E-state index is 12.6. The summed E-state index contributed by atoms with van der Waals surface area (Å²) in [5.41, 5.74) is 0.926. The molecule has 0 saturated carbocycles. The quantitative estimate of drug-likeness (QED) is 0.583. The molecular weight excluding hydrogens is 460 g/mol. The number of ether oxygens (including phenoxy) is 2. The average molecular weight is 483 g/mol. The first-order chi connectivity index (χ1) is 13.9. The predicted molar refractivity (Wildman–Crippen MR) is 112 cm³/mol. The van der Waals surface area contributed by atoms with E-state index in [0.29, 0.717) is 51.6 Å². The largest absolute Gasteiger partial charge is 0.492 e. The Hall–Kier alpha value is -1.94. The molecule has 2 aromatic rings. The maximum atomic E-state index is 12.6. The number of hydrogen-bond donors (Lipinski definition) is 1. The van der Waals surface area contributed by atoms with Crippen LogP contribution in [0.25, 0.3) is 0 Å². The zero-order chi connectivity index (χ0) is 20.7. The molecule has 1 aliphatic rings. The Kier molecular flexibility index (Phi) is 7.65. The lowest BCUT2D eigenvalue weighted by atomic mass is 10.1. The summed E-state index contributed by atoms with van der Waals surface area (Å²) < 4.78 is 38.3. The van der Waals surface area contributed by atoms with E-state index >= 15 is 0 Å². The van der Waals surface area contributed by atoms with Crippen molar-refractivity contribution in [2.24, 2.45) is 0 Å². The Morgan fingerprint density at radius 1 is 1.14 bits per heavy atom. The summed E-state index contributed by atoms with van der Waals surface area (Å²) in [5.74, 6) is 0.464. The Labute approximate surface area is 179 Å². The van der Waals surface area contributed by atoms with Gasteiger partial charge >= 0.3 is 0 Å². The van der Waals surface area contributed by atoms with Crippen molar-refractivity contribution in [1.29, 1.82) is 0 Å². The summed E-state index contributed by atoms with van der Waals surface area (Å²) in [7, 11) is -3.51. The van der Waals surface area contributed by atoms with Crippen LogP contribution in [0.1, 0.15) is 5.56 Å². The zero-order valence-electron chi connectivity index (χ0n) is 15.8. The van der Waals surface area contributed by atoms with Gasteiger partial charge in [0.15, 0.2) is 0 Å². The van der Waals surface area contributed by atoms with Crippen LogP contribution < -0.4 is 10.1 Å². The molecule has 1 saturated heterocycles. The second-order valence-corrected chi connectivity index (χ2v) is 9.35. The fourth-order valence-electron chi connectivity index (χ4n) is 2.90. The molecule has 3 rings (SSSR count). The van der Waals surface area contributed by atoms with Gasteiger partial charge in [0, 0.05) is 17.6 Å². The number of nitrogens with one attached hydrogen (secondary N) is 1. The third kappa shape index (κ3) is 6.27. The third-order valence-electron chi connectivity index (χ3n) is 4.38. The number of sulfonamides is 1. The van der Waals surface area contributed by atoms with Crippen LogP contribution in [0.15, 0.2) is 57.9 Å². The van der Waals surface area contributed by atoms with E-state index in [0.717, 1.165) is 10.0 Å². The first kappa shape index (κ1) is 21.8. The van der Waals surface area contributed by atoms with Gasteiger partial charge in [-0.05, 0) is 42.0 Å². The van der Waals surface area contributed by atoms with Crippen molar-refractivity contribution >= 4 is 31.9 Å². The van der Waals surface area contributed by atoms with Gasteiger partial charge in [0.2, 0.25) is 15.9 Å². The molecule has 0 atom stereocenters. The molecule has 0 aliphatic carbocycles. The molecule has 0 radical (unpaired) electrons. The number of halogens is 1. The number of rotatable bonds is 8. The average Bonchev–Trinajstić information content (AvgIpc) is 2.72. The van der Waals surface area contributed by atoms with E-state index in [4.69, 9.17) is 9.47 Å². The highest BCUT2D eigenvalue weighted by Crippen LogP contribution is 2.20. The summed E-state index contributed by atoms with van der Waals surface area (Å²) in [6.45, 7) is 2.20. The van der Waals surface area contributed by atoms with Gasteiger partial charge in [-0.15, -0.1) is 0 Å². The van der Waals surface area contributed by atoms with Crippen LogP contribution in [-0.4, -0.2) is 58.1 Å². The maximum Gasteiger partial charge on any atom is 0.243 e. The number of nitrogens with zero attached hydrogens (tertiary/aromatic N) is 1. The molecule has 1 fully saturated rings. The van der Waals surface area contributed by atoms with Crippen LogP contribution >= 0.6 is 15.9 Å². The predicted octanol–water partition coefficient (Wildman–Crippen LogP) is 2.21. The van der Waals surface area contributed by atoms with Crippen molar-refractivity contribution in [3.63, 3.8) is 0 Å². The van der Waals surface area contributed by atoms with Gasteiger partial charge in [0.25, 0.3) is 0 Å². The number of carbonyl (C=O) groups is 1. The van der Waals surface area contributed by atoms with Crippen molar-refractivity contribution in [2.45, 2.75) is 11.3 Å². The minimum Gasteiger partial charge on any atom is -0.492 e. The van der Waals surface area contributed by atoms with Gasteiger partial charge in [-0.2, -0.15) is 4.31 Å². The van der Waals surface area contributed by atoms with Crippen molar-refractivity contribution in [3.05, 3.63) is 58.6 Å². The minimum atomic E-state index is -3.51. The molecule has 1 N–H and O–H groups in total. The molecule has 1 amide bonds. The fraction of sp³-hybridized carbons (Fsp3) is 0.350. The topological polar surface area (TPSA) is 84.9 Å². The van der Waals surface area contributed by atoms with Crippen molar-refractivity contribution < 1.29 is 22.7 Å². The monoisotopic (exact) mass is 482 g/mol. The summed E-state index contributed by atoms with van der Waals surface area (Å²) in [5, 5.41) is 2.81. The van der Waals surface area contributed by atoms with Crippen LogP contribution in [0.3, 0.4) is 0 Å². The first-order valence-electron chi connectivity index (χ1n) is 9.27. The number of benzene rings is 2. The normalized spacial score (nSPS) is 15.1. The summed E-state index contributed by atoms with van der Waals surface area (Å²) in [4.78, 5) is 12.2. The van der Waals surface area contributed by atoms with E-state index in [2.05, 4.69) is 21.2 Å². The lowest BCUT2D eigenvalue weighted by Gasteiger charge is -2.26. The van der Waals surface area contributed by atoms with Gasteiger partial charge in [0.1, 0.15) is 12.4 Å². The van der Waals surface area contributed by atoms with Crippen molar-refractivity contribution in [1.82, 2.24) is 9.62 Å². The van der Waals surface area contributed by atoms with Gasteiger partial charge in [-0.25, -0.2) is 8.42 Å². The second-order valence-electron chi connectivity index (χ2n) is 6.49. The van der Waals surface area contributed by atoms with Crippen LogP contribution in [0.2, 0.25) is 0 Å². The molecule has 0 unspecified atom stereocenters. The SMILES string of the molecule is O=C(Cc1cccc(Br)c1)NCCOc1ccc(S(=O)(=O)N2CCOCC2)cc1. The third-order valence-corrected chi connectivity index (χ3v) is 6.78. The highest BCUT2D eigenvalue weighted by atomic mass is 79.9. The molecule has 0 spiro atoms. The van der Waals surface area contributed by atoms with Crippen molar-refractivity contribution in [2.75, 3.05) is 39.5 Å². The molecule has 7 nitrogen and oxygen atoms in total. The highest BCUT2D eigenvalue weighted by molar-refractivity contribution is 9.10. The Morgan fingerprint density at radius 2 is 1.86 bits per heavy atom. The number of morpholine rings is 1. The highest BCUT2D eigenvalue weighted by Gasteiger charge is 2.26. The van der Waals surface area contributed by atoms with E-state index in [1.54, 1.807) is 12.1 Å². The summed E-state index contributed by atoms with van der Waals surface area (Å²) in [6.07, 6.45) is 0.299. The van der Waals surface area contributed by atoms with E-state index in [1.165, 1.54) is 16.4 Å². The molecule has 2 aromatic carbocycles. The smallest absolute Gasteiger partial charge is 0.243 e. The lowest BCUT2D eigenvalue weighted by Crippen LogP contribution is -2.40. The molecule has 1 aliphatic heterocycles. The van der Waals surface area contributed by atoms with Crippen LogP contribution in [0, 0.1) is 0 Å². The van der Waals surface area contributed by atoms with Gasteiger partial charge in [-0.1, -0.05) is 28.1 Å². The molecule has 9 heteroatoms. The molecule has 156 valence electrons. The molecular formula is C20H23BrN2O5S. The molecule has 0 bridgehead atoms. The molecule has 29 heavy (non-hydrogen) atoms. The van der Waals surface area contributed by atoms with E-state index in [9.17, 15) is 13.2 Å². The van der Waals surface area contributed by atoms with Gasteiger partial charge in [-0.3, -0.25) is 4.79 Å². The van der Waals surface area contributed by atoms with Gasteiger partial charge in [0.05, 0.1) is 31.1 Å². The first-order valence-corrected chi connectivity index (χ1v) is 11.5. The molecule has 0 aromatic heterocycles. The summed E-state index contributed by atoms with van der Waals surface area (Å²) >= 11 is 3.38. The molecule has 1 heterocycles. The standard InChI is InChI=1S/C20H23BrN2O5S/c21-17-3-1-2-16(14-17)15-20(24)22-8-11-28-18-4-6-19(7-5-18)29(25,26)23-9-12-27-13-10-23/h1-7,14H,8-13,15H2,(H,22,24). The van der Waals surface area contributed by atoms with E-state index in [-0.39, 0.29) is 10.8 Å². The fourth-order valence-corrected chi connectivity index (χ4v) is 4.75. The van der Waals surface area contributed by atoms with E-state index in [1.807, 2.05) is 24.3 Å². The van der Waals surface area contributed by atoms with Crippen LogP contribution in [0.4, 0.5) is 0 Å². The Balaban J connectivity index is 1.43. The van der Waals surface area contributed by atoms with Crippen LogP contribution in [-0.2, 0) is 26.0 Å². The summed E-state index contributed by atoms with van der Waals surface area (Å²) in [6, 6.07) is 13.9. The van der Waals surface area contributed by atoms with E-state index < -0.39 is 10.0 Å². The van der Waals surface area contributed by atoms with Gasteiger partial charge < -0.3 is 14.8 Å². The lowest BCUT2D eigenvalue weighted by molar-refractivity contribution is -0.120. The second kappa shape index (κ2) is 10.2. The number of hydrogen-bond acceptors (Lipinski definition) is 5. The minimum absolute atomic E-state index is 0.0846. The zero-order valence-corrected chi connectivity index (χ0v) is 18.2. The number of amides is 1. The Bertz CT molecular complexity index is 928. The van der Waals surface area contributed by atoms with Crippen molar-refractivity contribution in [3.8, 4) is 5.75 Å². The van der Waals surface area contributed by atoms with Crippen LogP contribution in [0.5, 0.6) is 5.75 Å².